The third-order valence-electron chi connectivity index (χ3n) is 6.20. The molecule has 0 fully saturated rings. The van der Waals surface area contributed by atoms with Crippen molar-refractivity contribution in [1.82, 2.24) is 15.1 Å². The highest BCUT2D eigenvalue weighted by Crippen LogP contribution is 2.44. The minimum Gasteiger partial charge on any atom is -0.507 e. The van der Waals surface area contributed by atoms with Gasteiger partial charge in [0.15, 0.2) is 0 Å². The number of rotatable bonds is 8. The number of ether oxygens (including phenoxy) is 1. The molecule has 0 saturated carbocycles. The molecule has 172 valence electrons. The van der Waals surface area contributed by atoms with Crippen molar-refractivity contribution in [1.29, 1.82) is 0 Å². The second kappa shape index (κ2) is 9.43. The van der Waals surface area contributed by atoms with E-state index in [0.717, 1.165) is 35.3 Å². The quantitative estimate of drug-likeness (QED) is 0.358. The van der Waals surface area contributed by atoms with E-state index in [1.165, 1.54) is 0 Å². The van der Waals surface area contributed by atoms with Crippen LogP contribution in [0.25, 0.3) is 11.3 Å². The normalized spacial score (nSPS) is 14.9. The van der Waals surface area contributed by atoms with Crippen LogP contribution in [0.2, 0.25) is 0 Å². The lowest BCUT2D eigenvalue weighted by Crippen LogP contribution is -2.30. The van der Waals surface area contributed by atoms with E-state index in [1.54, 1.807) is 12.1 Å². The summed E-state index contributed by atoms with van der Waals surface area (Å²) in [4.78, 5) is 15.3. The molecule has 6 nitrogen and oxygen atoms in total. The fourth-order valence-corrected chi connectivity index (χ4v) is 4.50. The SMILES string of the molecule is CCCCN1C(=O)c2[nH]nc(-c3ccccc3O)c2[C@@H]1c1cccc(OCc2ccccc2)c1. The van der Waals surface area contributed by atoms with Crippen LogP contribution in [0, 0.1) is 0 Å². The fourth-order valence-electron chi connectivity index (χ4n) is 4.50. The molecule has 1 amide bonds. The Morgan fingerprint density at radius 3 is 2.62 bits per heavy atom. The van der Waals surface area contributed by atoms with Crippen LogP contribution in [0.3, 0.4) is 0 Å². The first kappa shape index (κ1) is 21.8. The van der Waals surface area contributed by atoms with Gasteiger partial charge in [-0.3, -0.25) is 9.89 Å². The number of hydrogen-bond donors (Lipinski definition) is 2. The number of hydrogen-bond acceptors (Lipinski definition) is 4. The van der Waals surface area contributed by atoms with Crippen LogP contribution in [0.4, 0.5) is 0 Å². The Labute approximate surface area is 198 Å². The van der Waals surface area contributed by atoms with E-state index < -0.39 is 0 Å². The molecule has 0 radical (unpaired) electrons. The Hall–Kier alpha value is -4.06. The molecule has 0 saturated heterocycles. The second-order valence-electron chi connectivity index (χ2n) is 8.48. The zero-order valence-electron chi connectivity index (χ0n) is 19.1. The van der Waals surface area contributed by atoms with Gasteiger partial charge in [0.05, 0.1) is 6.04 Å². The van der Waals surface area contributed by atoms with Crippen LogP contribution in [-0.2, 0) is 6.61 Å². The molecule has 1 aromatic heterocycles. The first-order valence-corrected chi connectivity index (χ1v) is 11.6. The molecule has 1 atom stereocenters. The van der Waals surface area contributed by atoms with Crippen LogP contribution in [0.5, 0.6) is 11.5 Å². The van der Waals surface area contributed by atoms with Crippen molar-refractivity contribution in [2.45, 2.75) is 32.4 Å². The lowest BCUT2D eigenvalue weighted by Gasteiger charge is -2.26. The largest absolute Gasteiger partial charge is 0.507 e. The number of benzene rings is 3. The maximum absolute atomic E-state index is 13.4. The Balaban J connectivity index is 1.54. The van der Waals surface area contributed by atoms with E-state index >= 15 is 0 Å². The number of aromatic amines is 1. The van der Waals surface area contributed by atoms with Crippen LogP contribution >= 0.6 is 0 Å². The van der Waals surface area contributed by atoms with Gasteiger partial charge in [0.25, 0.3) is 5.91 Å². The minimum absolute atomic E-state index is 0.0711. The molecule has 6 heteroatoms. The van der Waals surface area contributed by atoms with Crippen LogP contribution in [0.1, 0.15) is 53.0 Å². The zero-order valence-corrected chi connectivity index (χ0v) is 19.1. The topological polar surface area (TPSA) is 78.5 Å². The Morgan fingerprint density at radius 2 is 1.82 bits per heavy atom. The average molecular weight is 454 g/mol. The lowest BCUT2D eigenvalue weighted by molar-refractivity contribution is 0.0741. The van der Waals surface area contributed by atoms with Crippen LogP contribution in [0.15, 0.2) is 78.9 Å². The number of fused-ring (bicyclic) bond motifs is 1. The molecule has 1 aliphatic heterocycles. The minimum atomic E-state index is -0.317. The number of carbonyl (C=O) groups excluding carboxylic acids is 1. The molecule has 2 heterocycles. The Bertz CT molecular complexity index is 1300. The number of carbonyl (C=O) groups is 1. The molecule has 3 aromatic carbocycles. The first-order chi connectivity index (χ1) is 16.7. The maximum Gasteiger partial charge on any atom is 0.273 e. The van der Waals surface area contributed by atoms with Gasteiger partial charge in [0, 0.05) is 17.7 Å². The van der Waals surface area contributed by atoms with Crippen molar-refractivity contribution < 1.29 is 14.6 Å². The van der Waals surface area contributed by atoms with Gasteiger partial charge in [-0.15, -0.1) is 0 Å². The van der Waals surface area contributed by atoms with Gasteiger partial charge >= 0.3 is 0 Å². The zero-order chi connectivity index (χ0) is 23.5. The van der Waals surface area contributed by atoms with Gasteiger partial charge in [-0.05, 0) is 41.8 Å². The smallest absolute Gasteiger partial charge is 0.273 e. The molecule has 0 aliphatic carbocycles. The summed E-state index contributed by atoms with van der Waals surface area (Å²) in [6.07, 6.45) is 1.88. The highest BCUT2D eigenvalue weighted by Gasteiger charge is 2.42. The number of aromatic hydroxyl groups is 1. The summed E-state index contributed by atoms with van der Waals surface area (Å²) in [6, 6.07) is 24.7. The van der Waals surface area contributed by atoms with E-state index in [2.05, 4.69) is 17.1 Å². The summed E-state index contributed by atoms with van der Waals surface area (Å²) in [5.74, 6) is 0.804. The van der Waals surface area contributed by atoms with E-state index in [0.29, 0.717) is 30.1 Å². The standard InChI is InChI=1S/C28H27N3O3/c1-2-3-16-31-27(20-12-9-13-21(17-20)34-18-19-10-5-4-6-11-19)24-25(29-30-26(24)28(31)33)22-14-7-8-15-23(22)32/h4-15,17,27,32H,2-3,16,18H2,1H3,(H,29,30)/t27-/m0/s1. The molecule has 5 rings (SSSR count). The number of nitrogens with zero attached hydrogens (tertiary/aromatic N) is 2. The van der Waals surface area contributed by atoms with E-state index in [9.17, 15) is 9.90 Å². The summed E-state index contributed by atoms with van der Waals surface area (Å²) >= 11 is 0. The number of unbranched alkanes of at least 4 members (excludes halogenated alkanes) is 1. The highest BCUT2D eigenvalue weighted by atomic mass is 16.5. The molecular formula is C28H27N3O3. The monoisotopic (exact) mass is 453 g/mol. The molecule has 4 aromatic rings. The van der Waals surface area contributed by atoms with Gasteiger partial charge < -0.3 is 14.7 Å². The van der Waals surface area contributed by atoms with Crippen molar-refractivity contribution in [3.63, 3.8) is 0 Å². The number of nitrogens with one attached hydrogen (secondary N) is 1. The second-order valence-corrected chi connectivity index (χ2v) is 8.48. The van der Waals surface area contributed by atoms with Crippen molar-refractivity contribution in [3.8, 4) is 22.8 Å². The van der Waals surface area contributed by atoms with Crippen LogP contribution in [-0.4, -0.2) is 32.7 Å². The molecule has 0 unspecified atom stereocenters. The van der Waals surface area contributed by atoms with Gasteiger partial charge in [-0.2, -0.15) is 5.10 Å². The van der Waals surface area contributed by atoms with Crippen molar-refractivity contribution in [2.75, 3.05) is 6.54 Å². The number of H-pyrrole nitrogens is 1. The highest BCUT2D eigenvalue weighted by molar-refractivity contribution is 6.00. The predicted octanol–water partition coefficient (Wildman–Crippen LogP) is 5.71. The molecule has 0 bridgehead atoms. The van der Waals surface area contributed by atoms with E-state index in [1.807, 2.05) is 71.6 Å². The van der Waals surface area contributed by atoms with Gasteiger partial charge in [-0.25, -0.2) is 0 Å². The summed E-state index contributed by atoms with van der Waals surface area (Å²) in [5, 5.41) is 17.9. The maximum atomic E-state index is 13.4. The van der Waals surface area contributed by atoms with Crippen molar-refractivity contribution in [3.05, 3.63) is 101 Å². The number of aromatic nitrogens is 2. The third kappa shape index (κ3) is 4.03. The van der Waals surface area contributed by atoms with Gasteiger partial charge in [0.1, 0.15) is 29.5 Å². The third-order valence-corrected chi connectivity index (χ3v) is 6.20. The molecule has 2 N–H and O–H groups in total. The van der Waals surface area contributed by atoms with Crippen molar-refractivity contribution >= 4 is 5.91 Å². The number of phenolic OH excluding ortho intramolecular Hbond substituents is 1. The Morgan fingerprint density at radius 1 is 1.03 bits per heavy atom. The summed E-state index contributed by atoms with van der Waals surface area (Å²) in [7, 11) is 0. The predicted molar refractivity (Wildman–Crippen MR) is 131 cm³/mol. The number of amides is 1. The number of phenols is 1. The molecular weight excluding hydrogens is 426 g/mol. The van der Waals surface area contributed by atoms with E-state index in [-0.39, 0.29) is 17.7 Å². The van der Waals surface area contributed by atoms with E-state index in [4.69, 9.17) is 4.74 Å². The van der Waals surface area contributed by atoms with Gasteiger partial charge in [0.2, 0.25) is 0 Å². The fraction of sp³-hybridized carbons (Fsp3) is 0.214. The van der Waals surface area contributed by atoms with Crippen LogP contribution < -0.4 is 4.74 Å². The molecule has 1 aliphatic rings. The summed E-state index contributed by atoms with van der Waals surface area (Å²) in [5.41, 5.74) is 4.52. The molecule has 0 spiro atoms. The molecule has 34 heavy (non-hydrogen) atoms. The average Bonchev–Trinajstić information content (AvgIpc) is 3.41. The van der Waals surface area contributed by atoms with Crippen molar-refractivity contribution in [2.24, 2.45) is 0 Å². The van der Waals surface area contributed by atoms with Gasteiger partial charge in [-0.1, -0.05) is 67.9 Å². The Kier molecular flexibility index (Phi) is 6.04. The summed E-state index contributed by atoms with van der Waals surface area (Å²) in [6.45, 7) is 3.22. The summed E-state index contributed by atoms with van der Waals surface area (Å²) < 4.78 is 6.07. The first-order valence-electron chi connectivity index (χ1n) is 11.6. The number of para-hydroxylation sites is 1. The lowest BCUT2D eigenvalue weighted by atomic mass is 9.95.